The summed E-state index contributed by atoms with van der Waals surface area (Å²) in [6, 6.07) is 15.3. The lowest BCUT2D eigenvalue weighted by Crippen LogP contribution is -2.01. The van der Waals surface area contributed by atoms with Crippen molar-refractivity contribution < 1.29 is 9.21 Å². The molecule has 0 atom stereocenters. The van der Waals surface area contributed by atoms with E-state index in [4.69, 9.17) is 16.0 Å². The van der Waals surface area contributed by atoms with Gasteiger partial charge in [-0.3, -0.25) is 4.79 Å². The van der Waals surface area contributed by atoms with Gasteiger partial charge < -0.3 is 4.42 Å². The van der Waals surface area contributed by atoms with Crippen LogP contribution in [0.2, 0.25) is 5.02 Å². The van der Waals surface area contributed by atoms with Gasteiger partial charge in [0.2, 0.25) is 0 Å². The van der Waals surface area contributed by atoms with E-state index in [0.717, 1.165) is 27.3 Å². The molecule has 0 fully saturated rings. The first-order valence-corrected chi connectivity index (χ1v) is 8.09. The molecule has 0 spiro atoms. The highest BCUT2D eigenvalue weighted by atomic mass is 35.5. The Hall–Kier alpha value is -1.71. The second-order valence-corrected chi connectivity index (χ2v) is 6.11. The third-order valence-electron chi connectivity index (χ3n) is 3.20. The molecule has 21 heavy (non-hydrogen) atoms. The van der Waals surface area contributed by atoms with E-state index in [0.29, 0.717) is 11.3 Å². The van der Waals surface area contributed by atoms with Gasteiger partial charge in [0.05, 0.1) is 11.3 Å². The predicted molar refractivity (Wildman–Crippen MR) is 88.2 cm³/mol. The molecule has 1 aromatic heterocycles. The Labute approximate surface area is 132 Å². The van der Waals surface area contributed by atoms with Gasteiger partial charge in [-0.05, 0) is 23.8 Å². The van der Waals surface area contributed by atoms with Gasteiger partial charge >= 0.3 is 0 Å². The number of rotatable bonds is 5. The van der Waals surface area contributed by atoms with Gasteiger partial charge in [0, 0.05) is 16.2 Å². The van der Waals surface area contributed by atoms with Crippen LogP contribution >= 0.6 is 23.4 Å². The summed E-state index contributed by atoms with van der Waals surface area (Å²) in [6.07, 6.45) is 1.55. The molecule has 2 nitrogen and oxygen atoms in total. The molecule has 3 aromatic rings. The standard InChI is InChI=1S/C17H13ClO2S/c18-13-7-5-12(6-8-13)10-21-11-16(19)15-9-20-17-4-2-1-3-14(15)17/h1-9H,10-11H2. The van der Waals surface area contributed by atoms with Crippen LogP contribution in [-0.4, -0.2) is 11.5 Å². The number of para-hydroxylation sites is 1. The number of carbonyl (C=O) groups is 1. The van der Waals surface area contributed by atoms with Crippen LogP contribution in [-0.2, 0) is 5.75 Å². The highest BCUT2D eigenvalue weighted by Crippen LogP contribution is 2.23. The van der Waals surface area contributed by atoms with Crippen molar-refractivity contribution in [3.05, 3.63) is 70.9 Å². The molecular formula is C17H13ClO2S. The van der Waals surface area contributed by atoms with Gasteiger partial charge in [0.25, 0.3) is 0 Å². The lowest BCUT2D eigenvalue weighted by atomic mass is 10.1. The Morgan fingerprint density at radius 1 is 1.10 bits per heavy atom. The summed E-state index contributed by atoms with van der Waals surface area (Å²) in [5.74, 6) is 1.32. The normalized spacial score (nSPS) is 10.9. The molecule has 0 N–H and O–H groups in total. The molecule has 0 bridgehead atoms. The van der Waals surface area contributed by atoms with Crippen molar-refractivity contribution in [2.45, 2.75) is 5.75 Å². The van der Waals surface area contributed by atoms with Crippen LogP contribution in [0, 0.1) is 0 Å². The highest BCUT2D eigenvalue weighted by molar-refractivity contribution is 7.99. The first-order chi connectivity index (χ1) is 10.2. The summed E-state index contributed by atoms with van der Waals surface area (Å²) in [7, 11) is 0. The van der Waals surface area contributed by atoms with Crippen LogP contribution in [0.5, 0.6) is 0 Å². The fraction of sp³-hybridized carbons (Fsp3) is 0.118. The lowest BCUT2D eigenvalue weighted by molar-refractivity contribution is 0.102. The van der Waals surface area contributed by atoms with Gasteiger partial charge in [-0.1, -0.05) is 41.9 Å². The van der Waals surface area contributed by atoms with Crippen molar-refractivity contribution in [3.63, 3.8) is 0 Å². The lowest BCUT2D eigenvalue weighted by Gasteiger charge is -2.01. The van der Waals surface area contributed by atoms with Crippen molar-refractivity contribution in [2.24, 2.45) is 0 Å². The minimum absolute atomic E-state index is 0.0962. The van der Waals surface area contributed by atoms with Crippen LogP contribution in [0.3, 0.4) is 0 Å². The number of furan rings is 1. The van der Waals surface area contributed by atoms with Crippen LogP contribution in [0.25, 0.3) is 11.0 Å². The van der Waals surface area contributed by atoms with Crippen molar-refractivity contribution in [1.82, 2.24) is 0 Å². The SMILES string of the molecule is O=C(CSCc1ccc(Cl)cc1)c1coc2ccccc12. The van der Waals surface area contributed by atoms with Crippen molar-refractivity contribution in [1.29, 1.82) is 0 Å². The number of ketones is 1. The average Bonchev–Trinajstić information content (AvgIpc) is 2.93. The molecule has 0 saturated carbocycles. The fourth-order valence-electron chi connectivity index (χ4n) is 2.11. The van der Waals surface area contributed by atoms with E-state index in [1.807, 2.05) is 48.5 Å². The Bertz CT molecular complexity index is 762. The van der Waals surface area contributed by atoms with Crippen molar-refractivity contribution in [2.75, 3.05) is 5.75 Å². The third-order valence-corrected chi connectivity index (χ3v) is 4.45. The number of hydrogen-bond acceptors (Lipinski definition) is 3. The minimum Gasteiger partial charge on any atom is -0.464 e. The Kier molecular flexibility index (Phi) is 4.32. The smallest absolute Gasteiger partial charge is 0.176 e. The largest absolute Gasteiger partial charge is 0.464 e. The number of halogens is 1. The maximum Gasteiger partial charge on any atom is 0.176 e. The Morgan fingerprint density at radius 3 is 2.67 bits per heavy atom. The van der Waals surface area contributed by atoms with E-state index in [2.05, 4.69) is 0 Å². The number of thioether (sulfide) groups is 1. The summed E-state index contributed by atoms with van der Waals surface area (Å²) in [5.41, 5.74) is 2.58. The molecule has 0 saturated heterocycles. The van der Waals surface area contributed by atoms with E-state index in [1.54, 1.807) is 18.0 Å². The van der Waals surface area contributed by atoms with Gasteiger partial charge in [-0.15, -0.1) is 11.8 Å². The second kappa shape index (κ2) is 6.37. The van der Waals surface area contributed by atoms with E-state index in [-0.39, 0.29) is 5.78 Å². The van der Waals surface area contributed by atoms with Crippen LogP contribution < -0.4 is 0 Å². The second-order valence-electron chi connectivity index (χ2n) is 4.69. The summed E-state index contributed by atoms with van der Waals surface area (Å²) < 4.78 is 5.40. The number of carbonyl (C=O) groups excluding carboxylic acids is 1. The van der Waals surface area contributed by atoms with Gasteiger partial charge in [0.1, 0.15) is 11.8 Å². The highest BCUT2D eigenvalue weighted by Gasteiger charge is 2.13. The summed E-state index contributed by atoms with van der Waals surface area (Å²) in [5, 5.41) is 1.61. The fourth-order valence-corrected chi connectivity index (χ4v) is 3.11. The molecule has 0 aliphatic heterocycles. The number of benzene rings is 2. The van der Waals surface area contributed by atoms with Crippen LogP contribution in [0.4, 0.5) is 0 Å². The molecule has 2 aromatic carbocycles. The van der Waals surface area contributed by atoms with Crippen molar-refractivity contribution >= 4 is 40.1 Å². The third kappa shape index (κ3) is 3.31. The zero-order chi connectivity index (χ0) is 14.7. The molecule has 0 unspecified atom stereocenters. The van der Waals surface area contributed by atoms with Crippen LogP contribution in [0.1, 0.15) is 15.9 Å². The van der Waals surface area contributed by atoms with Crippen molar-refractivity contribution in [3.8, 4) is 0 Å². The number of Topliss-reactive ketones (excluding diaryl/α,β-unsaturated/α-hetero) is 1. The number of hydrogen-bond donors (Lipinski definition) is 0. The maximum absolute atomic E-state index is 12.3. The zero-order valence-corrected chi connectivity index (χ0v) is 12.8. The molecule has 0 aliphatic rings. The quantitative estimate of drug-likeness (QED) is 0.606. The molecule has 0 amide bonds. The first kappa shape index (κ1) is 14.2. The number of fused-ring (bicyclic) bond motifs is 1. The summed E-state index contributed by atoms with van der Waals surface area (Å²) in [6.45, 7) is 0. The zero-order valence-electron chi connectivity index (χ0n) is 11.2. The van der Waals surface area contributed by atoms with Gasteiger partial charge in [-0.2, -0.15) is 0 Å². The maximum atomic E-state index is 12.3. The van der Waals surface area contributed by atoms with E-state index < -0.39 is 0 Å². The van der Waals surface area contributed by atoms with E-state index >= 15 is 0 Å². The molecule has 0 radical (unpaired) electrons. The average molecular weight is 317 g/mol. The molecule has 0 aliphatic carbocycles. The first-order valence-electron chi connectivity index (χ1n) is 6.55. The van der Waals surface area contributed by atoms with E-state index in [9.17, 15) is 4.79 Å². The topological polar surface area (TPSA) is 30.2 Å². The van der Waals surface area contributed by atoms with Crippen LogP contribution in [0.15, 0.2) is 59.2 Å². The molecular weight excluding hydrogens is 304 g/mol. The van der Waals surface area contributed by atoms with Gasteiger partial charge in [0.15, 0.2) is 5.78 Å². The molecule has 1 heterocycles. The minimum atomic E-state index is 0.0962. The molecule has 3 rings (SSSR count). The monoisotopic (exact) mass is 316 g/mol. The predicted octanol–water partition coefficient (Wildman–Crippen LogP) is 5.20. The van der Waals surface area contributed by atoms with E-state index in [1.165, 1.54) is 0 Å². The summed E-state index contributed by atoms with van der Waals surface area (Å²) >= 11 is 7.44. The van der Waals surface area contributed by atoms with Gasteiger partial charge in [-0.25, -0.2) is 0 Å². The summed E-state index contributed by atoms with van der Waals surface area (Å²) in [4.78, 5) is 12.3. The molecule has 106 valence electrons. The molecule has 4 heteroatoms. The Balaban J connectivity index is 1.63. The Morgan fingerprint density at radius 2 is 1.86 bits per heavy atom.